The molecule has 0 aromatic heterocycles. The fraction of sp³-hybridized carbons (Fsp3) is 0.391. The number of likely N-dealkylation sites (tertiary alicyclic amines) is 1. The van der Waals surface area contributed by atoms with Crippen LogP contribution in [0, 0.1) is 11.7 Å². The topological polar surface area (TPSA) is 58.6 Å². The molecule has 1 atom stereocenters. The Balaban J connectivity index is 1.45. The van der Waals surface area contributed by atoms with Crippen LogP contribution in [0.5, 0.6) is 5.75 Å². The van der Waals surface area contributed by atoms with Crippen molar-refractivity contribution >= 4 is 11.8 Å². The number of ether oxygens (including phenoxy) is 1. The van der Waals surface area contributed by atoms with E-state index in [9.17, 15) is 14.0 Å². The van der Waals surface area contributed by atoms with E-state index in [0.29, 0.717) is 31.5 Å². The Morgan fingerprint density at radius 3 is 2.69 bits per heavy atom. The zero-order chi connectivity index (χ0) is 20.6. The number of aryl methyl sites for hydroxylation is 1. The summed E-state index contributed by atoms with van der Waals surface area (Å²) < 4.78 is 19.0. The zero-order valence-electron chi connectivity index (χ0n) is 16.7. The molecule has 2 aromatic rings. The molecule has 0 radical (unpaired) electrons. The van der Waals surface area contributed by atoms with Crippen molar-refractivity contribution in [3.05, 3.63) is 65.5 Å². The van der Waals surface area contributed by atoms with Gasteiger partial charge in [0.05, 0.1) is 13.0 Å². The Morgan fingerprint density at radius 2 is 1.97 bits per heavy atom. The molecule has 6 heteroatoms. The highest BCUT2D eigenvalue weighted by molar-refractivity contribution is 5.83. The minimum absolute atomic E-state index is 0.0307. The van der Waals surface area contributed by atoms with Crippen molar-refractivity contribution in [2.45, 2.75) is 32.2 Å². The van der Waals surface area contributed by atoms with Crippen LogP contribution in [-0.4, -0.2) is 36.9 Å². The average molecular weight is 398 g/mol. The Kier molecular flexibility index (Phi) is 7.22. The van der Waals surface area contributed by atoms with Gasteiger partial charge in [-0.25, -0.2) is 4.39 Å². The van der Waals surface area contributed by atoms with Gasteiger partial charge >= 0.3 is 0 Å². The summed E-state index contributed by atoms with van der Waals surface area (Å²) in [6, 6.07) is 14.3. The lowest BCUT2D eigenvalue weighted by molar-refractivity contribution is -0.138. The van der Waals surface area contributed by atoms with E-state index in [1.165, 1.54) is 11.6 Å². The van der Waals surface area contributed by atoms with Crippen LogP contribution in [0.1, 0.15) is 30.4 Å². The predicted octanol–water partition coefficient (Wildman–Crippen LogP) is 3.32. The van der Waals surface area contributed by atoms with Gasteiger partial charge in [-0.15, -0.1) is 0 Å². The summed E-state index contributed by atoms with van der Waals surface area (Å²) in [6.07, 6.45) is 2.56. The van der Waals surface area contributed by atoms with Gasteiger partial charge in [-0.2, -0.15) is 0 Å². The zero-order valence-corrected chi connectivity index (χ0v) is 16.7. The van der Waals surface area contributed by atoms with Crippen LogP contribution in [0.25, 0.3) is 0 Å². The van der Waals surface area contributed by atoms with E-state index in [1.54, 1.807) is 30.2 Å². The standard InChI is InChI=1S/C23H27FN2O3/c1-29-20-11-8-17(9-12-20)5-4-14-25-23(28)19-10-13-22(27)26(16-19)15-18-6-2-3-7-21(18)24/h2-3,6-9,11-12,19H,4-5,10,13-16H2,1H3,(H,25,28)/t19-/m0/s1. The van der Waals surface area contributed by atoms with E-state index in [4.69, 9.17) is 4.74 Å². The number of benzene rings is 2. The molecule has 29 heavy (non-hydrogen) atoms. The minimum atomic E-state index is -0.328. The summed E-state index contributed by atoms with van der Waals surface area (Å²) in [5.41, 5.74) is 1.67. The third-order valence-corrected chi connectivity index (χ3v) is 5.29. The Hall–Kier alpha value is -2.89. The monoisotopic (exact) mass is 398 g/mol. The summed E-state index contributed by atoms with van der Waals surface area (Å²) in [7, 11) is 1.64. The quantitative estimate of drug-likeness (QED) is 0.694. The fourth-order valence-electron chi connectivity index (χ4n) is 3.55. The SMILES string of the molecule is COc1ccc(CCCNC(=O)[C@H]2CCC(=O)N(Cc3ccccc3F)C2)cc1. The van der Waals surface area contributed by atoms with Gasteiger partial charge in [-0.3, -0.25) is 9.59 Å². The smallest absolute Gasteiger partial charge is 0.224 e. The third-order valence-electron chi connectivity index (χ3n) is 5.29. The summed E-state index contributed by atoms with van der Waals surface area (Å²) >= 11 is 0. The average Bonchev–Trinajstić information content (AvgIpc) is 2.74. The molecule has 1 aliphatic rings. The first kappa shape index (κ1) is 20.8. The molecule has 0 aliphatic carbocycles. The number of nitrogens with one attached hydrogen (secondary N) is 1. The van der Waals surface area contributed by atoms with E-state index in [0.717, 1.165) is 18.6 Å². The molecule has 2 aromatic carbocycles. The maximum Gasteiger partial charge on any atom is 0.224 e. The lowest BCUT2D eigenvalue weighted by Crippen LogP contribution is -2.45. The molecule has 1 fully saturated rings. The van der Waals surface area contributed by atoms with Gasteiger partial charge in [0.25, 0.3) is 0 Å². The molecule has 0 bridgehead atoms. The lowest BCUT2D eigenvalue weighted by Gasteiger charge is -2.32. The fourth-order valence-corrected chi connectivity index (χ4v) is 3.55. The molecular formula is C23H27FN2O3. The van der Waals surface area contributed by atoms with E-state index < -0.39 is 0 Å². The van der Waals surface area contributed by atoms with Crippen LogP contribution in [0.4, 0.5) is 4.39 Å². The van der Waals surface area contributed by atoms with Gasteiger partial charge in [-0.1, -0.05) is 30.3 Å². The van der Waals surface area contributed by atoms with Gasteiger partial charge in [0.2, 0.25) is 11.8 Å². The second-order valence-corrected chi connectivity index (χ2v) is 7.34. The lowest BCUT2D eigenvalue weighted by atomic mass is 9.96. The van der Waals surface area contributed by atoms with Crippen molar-refractivity contribution in [3.63, 3.8) is 0 Å². The molecule has 1 aliphatic heterocycles. The number of methoxy groups -OCH3 is 1. The maximum absolute atomic E-state index is 13.9. The minimum Gasteiger partial charge on any atom is -0.497 e. The van der Waals surface area contributed by atoms with Crippen molar-refractivity contribution < 1.29 is 18.7 Å². The summed E-state index contributed by atoms with van der Waals surface area (Å²) in [6.45, 7) is 1.12. The van der Waals surface area contributed by atoms with Gasteiger partial charge < -0.3 is 15.0 Å². The van der Waals surface area contributed by atoms with E-state index in [1.807, 2.05) is 24.3 Å². The highest BCUT2D eigenvalue weighted by atomic mass is 19.1. The van der Waals surface area contributed by atoms with Crippen LogP contribution < -0.4 is 10.1 Å². The normalized spacial score (nSPS) is 16.6. The van der Waals surface area contributed by atoms with Gasteiger partial charge in [-0.05, 0) is 43.0 Å². The summed E-state index contributed by atoms with van der Waals surface area (Å²) in [5.74, 6) is 0.183. The molecule has 154 valence electrons. The highest BCUT2D eigenvalue weighted by Crippen LogP contribution is 2.21. The molecule has 1 heterocycles. The van der Waals surface area contributed by atoms with Crippen molar-refractivity contribution in [1.82, 2.24) is 10.2 Å². The number of hydrogen-bond acceptors (Lipinski definition) is 3. The van der Waals surface area contributed by atoms with Crippen molar-refractivity contribution in [2.75, 3.05) is 20.2 Å². The van der Waals surface area contributed by atoms with Crippen LogP contribution in [0.2, 0.25) is 0 Å². The third kappa shape index (κ3) is 5.79. The number of carbonyl (C=O) groups is 2. The van der Waals surface area contributed by atoms with Crippen LogP contribution in [0.15, 0.2) is 48.5 Å². The molecule has 1 N–H and O–H groups in total. The van der Waals surface area contributed by atoms with Crippen molar-refractivity contribution in [3.8, 4) is 5.75 Å². The molecule has 1 saturated heterocycles. The number of nitrogens with zero attached hydrogens (tertiary/aromatic N) is 1. The second-order valence-electron chi connectivity index (χ2n) is 7.34. The number of hydrogen-bond donors (Lipinski definition) is 1. The van der Waals surface area contributed by atoms with E-state index in [-0.39, 0.29) is 30.1 Å². The van der Waals surface area contributed by atoms with Gasteiger partial charge in [0.1, 0.15) is 11.6 Å². The molecule has 5 nitrogen and oxygen atoms in total. The van der Waals surface area contributed by atoms with Crippen molar-refractivity contribution in [2.24, 2.45) is 5.92 Å². The molecular weight excluding hydrogens is 371 g/mol. The molecule has 0 spiro atoms. The predicted molar refractivity (Wildman–Crippen MR) is 109 cm³/mol. The van der Waals surface area contributed by atoms with E-state index in [2.05, 4.69) is 5.32 Å². The molecule has 3 rings (SSSR count). The summed E-state index contributed by atoms with van der Waals surface area (Å²) in [4.78, 5) is 26.3. The molecule has 2 amide bonds. The van der Waals surface area contributed by atoms with E-state index >= 15 is 0 Å². The first-order valence-electron chi connectivity index (χ1n) is 9.98. The number of amides is 2. The molecule has 0 unspecified atom stereocenters. The number of piperidine rings is 1. The highest BCUT2D eigenvalue weighted by Gasteiger charge is 2.30. The Labute approximate surface area is 170 Å². The molecule has 0 saturated carbocycles. The van der Waals surface area contributed by atoms with Crippen LogP contribution in [-0.2, 0) is 22.6 Å². The summed E-state index contributed by atoms with van der Waals surface area (Å²) in [5, 5.41) is 2.98. The number of carbonyl (C=O) groups excluding carboxylic acids is 2. The largest absolute Gasteiger partial charge is 0.497 e. The first-order valence-corrected chi connectivity index (χ1v) is 9.98. The maximum atomic E-state index is 13.9. The second kappa shape index (κ2) is 10.0. The first-order chi connectivity index (χ1) is 14.1. The Bertz CT molecular complexity index is 838. The van der Waals surface area contributed by atoms with Gasteiger partial charge in [0.15, 0.2) is 0 Å². The number of rotatable bonds is 8. The van der Waals surface area contributed by atoms with Crippen LogP contribution >= 0.6 is 0 Å². The number of halogens is 1. The van der Waals surface area contributed by atoms with Crippen LogP contribution in [0.3, 0.4) is 0 Å². The Morgan fingerprint density at radius 1 is 1.21 bits per heavy atom. The van der Waals surface area contributed by atoms with Crippen molar-refractivity contribution in [1.29, 1.82) is 0 Å². The van der Waals surface area contributed by atoms with Gasteiger partial charge in [0, 0.05) is 31.6 Å².